The number of hydrogen-bond acceptors (Lipinski definition) is 5. The van der Waals surface area contributed by atoms with E-state index in [1.54, 1.807) is 49.6 Å². The molecule has 0 radical (unpaired) electrons. The first-order valence-corrected chi connectivity index (χ1v) is 8.13. The van der Waals surface area contributed by atoms with Crippen LogP contribution in [0.25, 0.3) is 11.0 Å². The van der Waals surface area contributed by atoms with E-state index in [0.717, 1.165) is 12.0 Å². The van der Waals surface area contributed by atoms with Gasteiger partial charge < -0.3 is 4.74 Å². The van der Waals surface area contributed by atoms with Gasteiger partial charge in [-0.25, -0.2) is 4.79 Å². The summed E-state index contributed by atoms with van der Waals surface area (Å²) >= 11 is 0. The maximum absolute atomic E-state index is 12.4. The highest BCUT2D eigenvalue weighted by Gasteiger charge is 2.20. The summed E-state index contributed by atoms with van der Waals surface area (Å²) < 4.78 is 5.32. The molecule has 0 unspecified atom stereocenters. The van der Waals surface area contributed by atoms with Gasteiger partial charge in [0.05, 0.1) is 16.6 Å². The van der Waals surface area contributed by atoms with E-state index < -0.39 is 12.1 Å². The van der Waals surface area contributed by atoms with Crippen LogP contribution in [0.2, 0.25) is 0 Å². The molecule has 3 rings (SSSR count). The number of esters is 1. The number of carbonyl (C=O) groups is 2. The van der Waals surface area contributed by atoms with Crippen molar-refractivity contribution in [3.05, 3.63) is 71.5 Å². The lowest BCUT2D eigenvalue weighted by atomic mass is 10.0. The Morgan fingerprint density at radius 2 is 1.60 bits per heavy atom. The number of ketones is 1. The molecule has 0 aliphatic rings. The minimum Gasteiger partial charge on any atom is -0.451 e. The van der Waals surface area contributed by atoms with Crippen LogP contribution < -0.4 is 0 Å². The van der Waals surface area contributed by atoms with Crippen LogP contribution in [0.4, 0.5) is 0 Å². The molecule has 1 atom stereocenters. The summed E-state index contributed by atoms with van der Waals surface area (Å²) in [5, 5.41) is 0. The van der Waals surface area contributed by atoms with Crippen molar-refractivity contribution in [2.45, 2.75) is 26.4 Å². The van der Waals surface area contributed by atoms with Crippen molar-refractivity contribution in [1.29, 1.82) is 0 Å². The highest BCUT2D eigenvalue weighted by atomic mass is 16.5. The number of fused-ring (bicyclic) bond motifs is 1. The number of nitrogens with zero attached hydrogens (tertiary/aromatic N) is 2. The van der Waals surface area contributed by atoms with E-state index in [9.17, 15) is 9.59 Å². The van der Waals surface area contributed by atoms with E-state index in [4.69, 9.17) is 4.74 Å². The van der Waals surface area contributed by atoms with Gasteiger partial charge in [0, 0.05) is 18.0 Å². The predicted molar refractivity (Wildman–Crippen MR) is 94.6 cm³/mol. The first-order chi connectivity index (χ1) is 12.1. The van der Waals surface area contributed by atoms with Gasteiger partial charge in [-0.15, -0.1) is 0 Å². The zero-order valence-corrected chi connectivity index (χ0v) is 14.1. The Morgan fingerprint density at radius 1 is 0.960 bits per heavy atom. The summed E-state index contributed by atoms with van der Waals surface area (Å²) in [5.41, 5.74) is 3.32. The van der Waals surface area contributed by atoms with Gasteiger partial charge in [0.2, 0.25) is 5.78 Å². The van der Waals surface area contributed by atoms with E-state index in [1.807, 2.05) is 12.1 Å². The zero-order chi connectivity index (χ0) is 17.8. The number of Topliss-reactive ketones (excluding diaryl/α,β-unsaturated/α-hetero) is 1. The van der Waals surface area contributed by atoms with Gasteiger partial charge in [-0.3, -0.25) is 14.8 Å². The first-order valence-electron chi connectivity index (χ1n) is 8.13. The van der Waals surface area contributed by atoms with Crippen LogP contribution in [0.1, 0.15) is 40.1 Å². The molecule has 1 aromatic heterocycles. The van der Waals surface area contributed by atoms with Gasteiger partial charge in [0.25, 0.3) is 0 Å². The minimum absolute atomic E-state index is 0.225. The minimum atomic E-state index is -0.863. The first kappa shape index (κ1) is 16.8. The summed E-state index contributed by atoms with van der Waals surface area (Å²) in [6, 6.07) is 12.3. The summed E-state index contributed by atoms with van der Waals surface area (Å²) in [7, 11) is 0. The number of aromatic nitrogens is 2. The number of aryl methyl sites for hydroxylation is 1. The molecule has 0 N–H and O–H groups in total. The van der Waals surface area contributed by atoms with Gasteiger partial charge in [-0.2, -0.15) is 0 Å². The monoisotopic (exact) mass is 334 g/mol. The van der Waals surface area contributed by atoms with Crippen LogP contribution in [0.3, 0.4) is 0 Å². The van der Waals surface area contributed by atoms with Crippen LogP contribution in [-0.4, -0.2) is 27.8 Å². The van der Waals surface area contributed by atoms with E-state index in [2.05, 4.69) is 16.9 Å². The molecular formula is C20H18N2O3. The van der Waals surface area contributed by atoms with Gasteiger partial charge in [0.15, 0.2) is 6.10 Å². The van der Waals surface area contributed by atoms with Crippen molar-refractivity contribution in [2.24, 2.45) is 0 Å². The molecular weight excluding hydrogens is 316 g/mol. The molecule has 0 bridgehead atoms. The van der Waals surface area contributed by atoms with Gasteiger partial charge in [-0.05, 0) is 37.1 Å². The third-order valence-corrected chi connectivity index (χ3v) is 4.00. The second-order valence-electron chi connectivity index (χ2n) is 5.72. The molecule has 0 aliphatic carbocycles. The van der Waals surface area contributed by atoms with Crippen molar-refractivity contribution in [3.8, 4) is 0 Å². The Bertz CT molecular complexity index is 920. The smallest absolute Gasteiger partial charge is 0.338 e. The summed E-state index contributed by atoms with van der Waals surface area (Å²) in [6.45, 7) is 3.63. The fourth-order valence-corrected chi connectivity index (χ4v) is 2.51. The lowest BCUT2D eigenvalue weighted by Crippen LogP contribution is -2.24. The number of ether oxygens (including phenoxy) is 1. The average molecular weight is 334 g/mol. The Morgan fingerprint density at radius 3 is 2.28 bits per heavy atom. The van der Waals surface area contributed by atoms with E-state index >= 15 is 0 Å². The molecule has 1 heterocycles. The molecule has 0 saturated heterocycles. The second kappa shape index (κ2) is 7.21. The summed E-state index contributed by atoms with van der Waals surface area (Å²) in [6.07, 6.45) is 3.19. The lowest BCUT2D eigenvalue weighted by Gasteiger charge is -2.13. The van der Waals surface area contributed by atoms with Gasteiger partial charge in [0.1, 0.15) is 0 Å². The third-order valence-electron chi connectivity index (χ3n) is 4.00. The SMILES string of the molecule is CCc1ccc(C(=O)[C@H](C)OC(=O)c2ccc3nccnc3c2)cc1. The summed E-state index contributed by atoms with van der Waals surface area (Å²) in [4.78, 5) is 33.1. The summed E-state index contributed by atoms with van der Waals surface area (Å²) in [5.74, 6) is -0.782. The molecule has 5 heteroatoms. The molecule has 0 aliphatic heterocycles. The Labute approximate surface area is 145 Å². The molecule has 126 valence electrons. The van der Waals surface area contributed by atoms with Crippen LogP contribution in [0.15, 0.2) is 54.9 Å². The lowest BCUT2D eigenvalue weighted by molar-refractivity contribution is 0.0319. The standard InChI is InChI=1S/C20H18N2O3/c1-3-14-4-6-15(7-5-14)19(23)13(2)25-20(24)16-8-9-17-18(12-16)22-11-10-21-17/h4-13H,3H2,1-2H3/t13-/m0/s1. The highest BCUT2D eigenvalue weighted by Crippen LogP contribution is 2.14. The molecule has 3 aromatic rings. The Kier molecular flexibility index (Phi) is 4.84. The topological polar surface area (TPSA) is 69.2 Å². The van der Waals surface area contributed by atoms with Crippen molar-refractivity contribution in [2.75, 3.05) is 0 Å². The number of hydrogen-bond donors (Lipinski definition) is 0. The van der Waals surface area contributed by atoms with Crippen molar-refractivity contribution in [3.63, 3.8) is 0 Å². The fourth-order valence-electron chi connectivity index (χ4n) is 2.51. The van der Waals surface area contributed by atoms with Crippen LogP contribution >= 0.6 is 0 Å². The van der Waals surface area contributed by atoms with Gasteiger partial charge in [-0.1, -0.05) is 31.2 Å². The maximum Gasteiger partial charge on any atom is 0.338 e. The number of carbonyl (C=O) groups excluding carboxylic acids is 2. The molecule has 0 amide bonds. The van der Waals surface area contributed by atoms with E-state index in [0.29, 0.717) is 22.2 Å². The predicted octanol–water partition coefficient (Wildman–Crippen LogP) is 3.62. The maximum atomic E-state index is 12.4. The largest absolute Gasteiger partial charge is 0.451 e. The molecule has 0 saturated carbocycles. The number of benzene rings is 2. The fraction of sp³-hybridized carbons (Fsp3) is 0.200. The molecule has 25 heavy (non-hydrogen) atoms. The molecule has 0 spiro atoms. The number of rotatable bonds is 5. The average Bonchev–Trinajstić information content (AvgIpc) is 2.67. The highest BCUT2D eigenvalue weighted by molar-refractivity contribution is 6.01. The van der Waals surface area contributed by atoms with E-state index in [-0.39, 0.29) is 5.78 Å². The van der Waals surface area contributed by atoms with Gasteiger partial charge >= 0.3 is 5.97 Å². The van der Waals surface area contributed by atoms with Crippen molar-refractivity contribution >= 4 is 22.8 Å². The van der Waals surface area contributed by atoms with Crippen LogP contribution in [0, 0.1) is 0 Å². The van der Waals surface area contributed by atoms with Crippen LogP contribution in [-0.2, 0) is 11.2 Å². The zero-order valence-electron chi connectivity index (χ0n) is 14.1. The van der Waals surface area contributed by atoms with Crippen molar-refractivity contribution in [1.82, 2.24) is 9.97 Å². The van der Waals surface area contributed by atoms with E-state index in [1.165, 1.54) is 0 Å². The quantitative estimate of drug-likeness (QED) is 0.526. The Hall–Kier alpha value is -3.08. The molecule has 5 nitrogen and oxygen atoms in total. The van der Waals surface area contributed by atoms with Crippen molar-refractivity contribution < 1.29 is 14.3 Å². The van der Waals surface area contributed by atoms with Crippen LogP contribution in [0.5, 0.6) is 0 Å². The molecule has 2 aromatic carbocycles. The molecule has 0 fully saturated rings. The normalized spacial score (nSPS) is 11.9. The Balaban J connectivity index is 1.72. The third kappa shape index (κ3) is 3.71. The second-order valence-corrected chi connectivity index (χ2v) is 5.72.